The topological polar surface area (TPSA) is 49.2 Å². The third kappa shape index (κ3) is 2.96. The molecule has 1 aromatic heterocycles. The second kappa shape index (κ2) is 4.90. The highest BCUT2D eigenvalue weighted by Gasteiger charge is 2.25. The van der Waals surface area contributed by atoms with Gasteiger partial charge in [-0.15, -0.1) is 0 Å². The van der Waals surface area contributed by atoms with Gasteiger partial charge in [0.15, 0.2) is 0 Å². The summed E-state index contributed by atoms with van der Waals surface area (Å²) < 4.78 is 4.44. The van der Waals surface area contributed by atoms with E-state index in [9.17, 15) is 5.11 Å². The number of hydrogen-bond acceptors (Lipinski definition) is 5. The van der Waals surface area contributed by atoms with E-state index in [0.29, 0.717) is 5.92 Å². The summed E-state index contributed by atoms with van der Waals surface area (Å²) in [7, 11) is 0. The maximum atomic E-state index is 9.23. The smallest absolute Gasteiger partial charge is 0.205 e. The summed E-state index contributed by atoms with van der Waals surface area (Å²) in [6.45, 7) is 8.62. The Bertz CT molecular complexity index is 372. The Morgan fingerprint density at radius 2 is 2.24 bits per heavy atom. The van der Waals surface area contributed by atoms with Gasteiger partial charge in [0.1, 0.15) is 5.82 Å². The van der Waals surface area contributed by atoms with Crippen LogP contribution in [0.5, 0.6) is 0 Å². The van der Waals surface area contributed by atoms with Gasteiger partial charge in [-0.2, -0.15) is 4.37 Å². The first-order valence-electron chi connectivity index (χ1n) is 6.20. The average molecular weight is 255 g/mol. The predicted octanol–water partition coefficient (Wildman–Crippen LogP) is 2.04. The van der Waals surface area contributed by atoms with E-state index >= 15 is 0 Å². The van der Waals surface area contributed by atoms with Crippen molar-refractivity contribution < 1.29 is 5.11 Å². The minimum Gasteiger partial charge on any atom is -0.396 e. The van der Waals surface area contributed by atoms with E-state index in [0.717, 1.165) is 36.9 Å². The molecular formula is C12H21N3OS. The van der Waals surface area contributed by atoms with Gasteiger partial charge in [0, 0.05) is 36.6 Å². The van der Waals surface area contributed by atoms with Gasteiger partial charge in [-0.3, -0.25) is 0 Å². The van der Waals surface area contributed by atoms with E-state index in [1.165, 1.54) is 11.5 Å². The first-order valence-corrected chi connectivity index (χ1v) is 6.98. The van der Waals surface area contributed by atoms with Crippen LogP contribution in [-0.2, 0) is 5.41 Å². The van der Waals surface area contributed by atoms with Crippen LogP contribution >= 0.6 is 11.5 Å². The minimum absolute atomic E-state index is 0.0148. The number of piperidine rings is 1. The van der Waals surface area contributed by atoms with Gasteiger partial charge in [-0.1, -0.05) is 20.8 Å². The lowest BCUT2D eigenvalue weighted by Crippen LogP contribution is -2.36. The second-order valence-corrected chi connectivity index (χ2v) is 6.52. The molecule has 1 unspecified atom stereocenters. The lowest BCUT2D eigenvalue weighted by Gasteiger charge is -2.31. The van der Waals surface area contributed by atoms with Crippen molar-refractivity contribution in [3.05, 3.63) is 5.82 Å². The first-order chi connectivity index (χ1) is 8.00. The van der Waals surface area contributed by atoms with Gasteiger partial charge in [-0.25, -0.2) is 4.98 Å². The largest absolute Gasteiger partial charge is 0.396 e. The monoisotopic (exact) mass is 255 g/mol. The molecule has 1 aliphatic heterocycles. The zero-order valence-electron chi connectivity index (χ0n) is 10.8. The van der Waals surface area contributed by atoms with Gasteiger partial charge in [-0.05, 0) is 18.8 Å². The maximum Gasteiger partial charge on any atom is 0.205 e. The van der Waals surface area contributed by atoms with Crippen molar-refractivity contribution in [3.8, 4) is 0 Å². The number of aliphatic hydroxyl groups is 1. The summed E-state index contributed by atoms with van der Waals surface area (Å²) >= 11 is 1.48. The average Bonchev–Trinajstić information content (AvgIpc) is 2.78. The zero-order chi connectivity index (χ0) is 12.5. The van der Waals surface area contributed by atoms with Crippen molar-refractivity contribution in [2.24, 2.45) is 5.92 Å². The molecule has 1 N–H and O–H groups in total. The minimum atomic E-state index is 0.0148. The Balaban J connectivity index is 2.09. The molecule has 2 rings (SSSR count). The van der Waals surface area contributed by atoms with Crippen LogP contribution in [0.2, 0.25) is 0 Å². The summed E-state index contributed by atoms with van der Waals surface area (Å²) in [5, 5.41) is 10.2. The van der Waals surface area contributed by atoms with Gasteiger partial charge in [0.25, 0.3) is 0 Å². The molecule has 96 valence electrons. The third-order valence-electron chi connectivity index (χ3n) is 3.13. The molecule has 0 saturated carbocycles. The van der Waals surface area contributed by atoms with Gasteiger partial charge in [0.05, 0.1) is 0 Å². The van der Waals surface area contributed by atoms with E-state index < -0.39 is 0 Å². The third-order valence-corrected chi connectivity index (χ3v) is 3.91. The van der Waals surface area contributed by atoms with E-state index in [1.54, 1.807) is 0 Å². The summed E-state index contributed by atoms with van der Waals surface area (Å²) in [5.74, 6) is 1.31. The van der Waals surface area contributed by atoms with Crippen LogP contribution < -0.4 is 4.90 Å². The number of nitrogens with zero attached hydrogens (tertiary/aromatic N) is 3. The van der Waals surface area contributed by atoms with Crippen molar-refractivity contribution >= 4 is 16.7 Å². The van der Waals surface area contributed by atoms with Gasteiger partial charge in [0.2, 0.25) is 5.13 Å². The molecule has 1 atom stereocenters. The van der Waals surface area contributed by atoms with Crippen molar-refractivity contribution in [2.75, 3.05) is 24.6 Å². The van der Waals surface area contributed by atoms with Crippen molar-refractivity contribution in [3.63, 3.8) is 0 Å². The zero-order valence-corrected chi connectivity index (χ0v) is 11.6. The highest BCUT2D eigenvalue weighted by Crippen LogP contribution is 2.28. The quantitative estimate of drug-likeness (QED) is 0.878. The molecule has 1 fully saturated rings. The van der Waals surface area contributed by atoms with E-state index in [-0.39, 0.29) is 12.0 Å². The summed E-state index contributed by atoms with van der Waals surface area (Å²) in [6.07, 6.45) is 2.26. The van der Waals surface area contributed by atoms with Gasteiger partial charge >= 0.3 is 0 Å². The number of hydrogen-bond donors (Lipinski definition) is 1. The number of rotatable bonds is 2. The Morgan fingerprint density at radius 1 is 1.47 bits per heavy atom. The lowest BCUT2D eigenvalue weighted by atomic mass is 9.96. The van der Waals surface area contributed by atoms with E-state index in [4.69, 9.17) is 0 Å². The molecule has 0 amide bonds. The Hall–Kier alpha value is -0.680. The van der Waals surface area contributed by atoms with Crippen molar-refractivity contribution in [1.29, 1.82) is 0 Å². The Labute approximate surface area is 107 Å². The first kappa shape index (κ1) is 12.8. The fourth-order valence-electron chi connectivity index (χ4n) is 2.04. The van der Waals surface area contributed by atoms with Crippen LogP contribution in [0, 0.1) is 5.92 Å². The summed E-state index contributed by atoms with van der Waals surface area (Å²) in [4.78, 5) is 6.89. The molecular weight excluding hydrogens is 234 g/mol. The molecule has 1 saturated heterocycles. The van der Waals surface area contributed by atoms with E-state index in [1.807, 2.05) is 0 Å². The second-order valence-electron chi connectivity index (χ2n) is 5.79. The highest BCUT2D eigenvalue weighted by molar-refractivity contribution is 7.09. The van der Waals surface area contributed by atoms with Crippen LogP contribution in [0.1, 0.15) is 39.4 Å². The molecule has 17 heavy (non-hydrogen) atoms. The number of aliphatic hydroxyl groups excluding tert-OH is 1. The molecule has 5 heteroatoms. The number of aromatic nitrogens is 2. The van der Waals surface area contributed by atoms with Crippen LogP contribution in [0.25, 0.3) is 0 Å². The van der Waals surface area contributed by atoms with Gasteiger partial charge < -0.3 is 10.0 Å². The van der Waals surface area contributed by atoms with Crippen LogP contribution in [0.15, 0.2) is 0 Å². The molecule has 0 aliphatic carbocycles. The van der Waals surface area contributed by atoms with Crippen molar-refractivity contribution in [1.82, 2.24) is 9.36 Å². The number of anilines is 1. The van der Waals surface area contributed by atoms with Crippen molar-refractivity contribution in [2.45, 2.75) is 39.0 Å². The SMILES string of the molecule is CC(C)(C)c1nsc(N2CCCC(CO)C2)n1. The van der Waals surface area contributed by atoms with E-state index in [2.05, 4.69) is 35.0 Å². The Kier molecular flexibility index (Phi) is 3.68. The molecule has 4 nitrogen and oxygen atoms in total. The fraction of sp³-hybridized carbons (Fsp3) is 0.833. The van der Waals surface area contributed by atoms with Crippen LogP contribution in [0.3, 0.4) is 0 Å². The molecule has 1 aromatic rings. The van der Waals surface area contributed by atoms with Crippen LogP contribution in [-0.4, -0.2) is 34.2 Å². The fourth-order valence-corrected chi connectivity index (χ4v) is 2.93. The molecule has 0 aromatic carbocycles. The predicted molar refractivity (Wildman–Crippen MR) is 70.6 cm³/mol. The standard InChI is InChI=1S/C12H21N3OS/c1-12(2,3)10-13-11(17-14-10)15-6-4-5-9(7-15)8-16/h9,16H,4-8H2,1-3H3. The summed E-state index contributed by atoms with van der Waals surface area (Å²) in [5.41, 5.74) is 0.0148. The highest BCUT2D eigenvalue weighted by atomic mass is 32.1. The molecule has 0 bridgehead atoms. The Morgan fingerprint density at radius 3 is 2.82 bits per heavy atom. The van der Waals surface area contributed by atoms with Crippen LogP contribution in [0.4, 0.5) is 5.13 Å². The summed E-state index contributed by atoms with van der Waals surface area (Å²) in [6, 6.07) is 0. The lowest BCUT2D eigenvalue weighted by molar-refractivity contribution is 0.208. The molecule has 0 spiro atoms. The molecule has 2 heterocycles. The normalized spacial score (nSPS) is 21.9. The molecule has 1 aliphatic rings. The molecule has 0 radical (unpaired) electrons. The maximum absolute atomic E-state index is 9.23.